The molecule has 0 unspecified atom stereocenters. The van der Waals surface area contributed by atoms with Gasteiger partial charge in [-0.15, -0.1) is 0 Å². The molecule has 2 aromatic rings. The van der Waals surface area contributed by atoms with Crippen molar-refractivity contribution in [1.29, 1.82) is 0 Å². The monoisotopic (exact) mass is 207 g/mol. The van der Waals surface area contributed by atoms with Crippen molar-refractivity contribution in [2.45, 2.75) is 13.8 Å². The third kappa shape index (κ3) is 1.40. The van der Waals surface area contributed by atoms with Gasteiger partial charge in [-0.3, -0.25) is 0 Å². The lowest BCUT2D eigenvalue weighted by atomic mass is 10.1. The fourth-order valence-corrected chi connectivity index (χ4v) is 1.77. The summed E-state index contributed by atoms with van der Waals surface area (Å²) in [6, 6.07) is 3.66. The molecule has 0 radical (unpaired) electrons. The summed E-state index contributed by atoms with van der Waals surface area (Å²) in [6.45, 7) is 3.78. The molecule has 0 saturated carbocycles. The second-order valence-corrected chi connectivity index (χ2v) is 3.71. The Bertz CT molecular complexity index is 461. The highest BCUT2D eigenvalue weighted by atomic mass is 35.5. The van der Waals surface area contributed by atoms with Crippen molar-refractivity contribution in [2.75, 3.05) is 5.73 Å². The van der Waals surface area contributed by atoms with E-state index in [2.05, 4.69) is 9.97 Å². The van der Waals surface area contributed by atoms with E-state index in [0.29, 0.717) is 16.7 Å². The Morgan fingerprint density at radius 2 is 1.93 bits per heavy atom. The molecule has 0 saturated heterocycles. The summed E-state index contributed by atoms with van der Waals surface area (Å²) < 4.78 is 0. The normalized spacial score (nSPS) is 10.8. The Kier molecular flexibility index (Phi) is 2.04. The number of anilines is 1. The van der Waals surface area contributed by atoms with E-state index < -0.39 is 0 Å². The molecule has 1 aromatic heterocycles. The summed E-state index contributed by atoms with van der Waals surface area (Å²) in [4.78, 5) is 8.42. The van der Waals surface area contributed by atoms with Gasteiger partial charge < -0.3 is 5.73 Å². The predicted octanol–water partition coefficient (Wildman–Crippen LogP) is 2.48. The molecular weight excluding hydrogens is 198 g/mol. The minimum absolute atomic E-state index is 0.484. The Hall–Kier alpha value is -1.35. The number of fused-ring (bicyclic) bond motifs is 1. The zero-order valence-electron chi connectivity index (χ0n) is 8.00. The van der Waals surface area contributed by atoms with Crippen molar-refractivity contribution >= 4 is 28.3 Å². The molecule has 3 nitrogen and oxygen atoms in total. The molecule has 0 aliphatic carbocycles. The van der Waals surface area contributed by atoms with Crippen LogP contribution in [-0.4, -0.2) is 9.97 Å². The molecule has 0 fully saturated rings. The Balaban J connectivity index is 2.94. The average molecular weight is 208 g/mol. The van der Waals surface area contributed by atoms with Gasteiger partial charge in [-0.05, 0) is 31.5 Å². The van der Waals surface area contributed by atoms with E-state index in [1.54, 1.807) is 6.07 Å². The molecule has 0 atom stereocenters. The number of benzene rings is 1. The van der Waals surface area contributed by atoms with Crippen molar-refractivity contribution in [3.05, 3.63) is 28.5 Å². The highest BCUT2D eigenvalue weighted by Gasteiger charge is 2.06. The van der Waals surface area contributed by atoms with Crippen LogP contribution < -0.4 is 5.73 Å². The third-order valence-electron chi connectivity index (χ3n) is 2.10. The first-order valence-corrected chi connectivity index (χ1v) is 4.65. The van der Waals surface area contributed by atoms with E-state index in [1.165, 1.54) is 0 Å². The smallest absolute Gasteiger partial charge is 0.135 e. The lowest BCUT2D eigenvalue weighted by Crippen LogP contribution is -1.98. The molecule has 1 heterocycles. The SMILES string of the molecule is Cc1nc(N)c2cc(Cl)cc(C)c2n1. The Morgan fingerprint density at radius 1 is 1.21 bits per heavy atom. The molecular formula is C10H10ClN3. The molecule has 14 heavy (non-hydrogen) atoms. The van der Waals surface area contributed by atoms with E-state index in [-0.39, 0.29) is 0 Å². The van der Waals surface area contributed by atoms with E-state index in [1.807, 2.05) is 19.9 Å². The highest BCUT2D eigenvalue weighted by Crippen LogP contribution is 2.25. The number of halogens is 1. The van der Waals surface area contributed by atoms with E-state index in [9.17, 15) is 0 Å². The number of nitrogens with zero attached hydrogens (tertiary/aromatic N) is 2. The van der Waals surface area contributed by atoms with Gasteiger partial charge in [-0.1, -0.05) is 11.6 Å². The van der Waals surface area contributed by atoms with Crippen molar-refractivity contribution in [2.24, 2.45) is 0 Å². The van der Waals surface area contributed by atoms with Crippen LogP contribution in [0.3, 0.4) is 0 Å². The molecule has 0 amide bonds. The van der Waals surface area contributed by atoms with Gasteiger partial charge in [0, 0.05) is 10.4 Å². The number of aromatic nitrogens is 2. The number of aryl methyl sites for hydroxylation is 2. The largest absolute Gasteiger partial charge is 0.383 e. The summed E-state index contributed by atoms with van der Waals surface area (Å²) in [7, 11) is 0. The van der Waals surface area contributed by atoms with Gasteiger partial charge in [0.25, 0.3) is 0 Å². The number of nitrogen functional groups attached to an aromatic ring is 1. The van der Waals surface area contributed by atoms with Gasteiger partial charge >= 0.3 is 0 Å². The first-order chi connectivity index (χ1) is 6.58. The fourth-order valence-electron chi connectivity index (χ4n) is 1.50. The molecule has 0 bridgehead atoms. The van der Waals surface area contributed by atoms with E-state index in [0.717, 1.165) is 16.5 Å². The topological polar surface area (TPSA) is 51.8 Å². The van der Waals surface area contributed by atoms with Crippen LogP contribution >= 0.6 is 11.6 Å². The summed E-state index contributed by atoms with van der Waals surface area (Å²) in [5.41, 5.74) is 7.68. The maximum atomic E-state index is 5.92. The van der Waals surface area contributed by atoms with Gasteiger partial charge in [0.1, 0.15) is 11.6 Å². The van der Waals surface area contributed by atoms with Crippen molar-refractivity contribution < 1.29 is 0 Å². The first kappa shape index (κ1) is 9.21. The summed E-state index contributed by atoms with van der Waals surface area (Å²) >= 11 is 5.92. The van der Waals surface area contributed by atoms with Gasteiger partial charge in [0.2, 0.25) is 0 Å². The fraction of sp³-hybridized carbons (Fsp3) is 0.200. The Labute approximate surface area is 86.9 Å². The van der Waals surface area contributed by atoms with Gasteiger partial charge in [0.05, 0.1) is 5.52 Å². The van der Waals surface area contributed by atoms with Crippen molar-refractivity contribution in [3.8, 4) is 0 Å². The molecule has 0 spiro atoms. The van der Waals surface area contributed by atoms with Crippen LogP contribution in [0, 0.1) is 13.8 Å². The highest BCUT2D eigenvalue weighted by molar-refractivity contribution is 6.31. The second-order valence-electron chi connectivity index (χ2n) is 3.27. The molecule has 4 heteroatoms. The van der Waals surface area contributed by atoms with Gasteiger partial charge in [-0.2, -0.15) is 0 Å². The van der Waals surface area contributed by atoms with Crippen LogP contribution in [0.25, 0.3) is 10.9 Å². The van der Waals surface area contributed by atoms with Crippen molar-refractivity contribution in [1.82, 2.24) is 9.97 Å². The quantitative estimate of drug-likeness (QED) is 0.722. The van der Waals surface area contributed by atoms with Gasteiger partial charge in [0.15, 0.2) is 0 Å². The van der Waals surface area contributed by atoms with E-state index in [4.69, 9.17) is 17.3 Å². The zero-order valence-corrected chi connectivity index (χ0v) is 8.76. The summed E-state index contributed by atoms with van der Waals surface area (Å²) in [5.74, 6) is 1.17. The minimum Gasteiger partial charge on any atom is -0.383 e. The molecule has 2 N–H and O–H groups in total. The number of nitrogens with two attached hydrogens (primary N) is 1. The van der Waals surface area contributed by atoms with Crippen LogP contribution in [-0.2, 0) is 0 Å². The molecule has 0 aliphatic heterocycles. The van der Waals surface area contributed by atoms with Crippen LogP contribution in [0.15, 0.2) is 12.1 Å². The summed E-state index contributed by atoms with van der Waals surface area (Å²) in [5, 5.41) is 1.48. The molecule has 0 aliphatic rings. The second kappa shape index (κ2) is 3.10. The molecule has 72 valence electrons. The first-order valence-electron chi connectivity index (χ1n) is 4.28. The average Bonchev–Trinajstić information content (AvgIpc) is 2.07. The summed E-state index contributed by atoms with van der Waals surface area (Å²) in [6.07, 6.45) is 0. The van der Waals surface area contributed by atoms with Crippen LogP contribution in [0.2, 0.25) is 5.02 Å². The number of hydrogen-bond donors (Lipinski definition) is 1. The molecule has 1 aromatic carbocycles. The predicted molar refractivity (Wildman–Crippen MR) is 58.4 cm³/mol. The van der Waals surface area contributed by atoms with Crippen LogP contribution in [0.4, 0.5) is 5.82 Å². The number of rotatable bonds is 0. The van der Waals surface area contributed by atoms with Crippen LogP contribution in [0.1, 0.15) is 11.4 Å². The van der Waals surface area contributed by atoms with Gasteiger partial charge in [-0.25, -0.2) is 9.97 Å². The lowest BCUT2D eigenvalue weighted by molar-refractivity contribution is 1.09. The van der Waals surface area contributed by atoms with E-state index >= 15 is 0 Å². The third-order valence-corrected chi connectivity index (χ3v) is 2.32. The maximum absolute atomic E-state index is 5.92. The molecule has 2 rings (SSSR count). The number of hydrogen-bond acceptors (Lipinski definition) is 3. The minimum atomic E-state index is 0.484. The lowest BCUT2D eigenvalue weighted by Gasteiger charge is -2.05. The maximum Gasteiger partial charge on any atom is 0.135 e. The standard InChI is InChI=1S/C10H10ClN3/c1-5-3-7(11)4-8-9(5)13-6(2)14-10(8)12/h3-4H,1-2H3,(H2,12,13,14). The Morgan fingerprint density at radius 3 is 2.64 bits per heavy atom. The van der Waals surface area contributed by atoms with Crippen molar-refractivity contribution in [3.63, 3.8) is 0 Å². The zero-order chi connectivity index (χ0) is 10.3. The van der Waals surface area contributed by atoms with Crippen LogP contribution in [0.5, 0.6) is 0 Å².